The number of halogens is 2. The van der Waals surface area contributed by atoms with Crippen molar-refractivity contribution in [2.75, 3.05) is 14.1 Å². The molecular weight excluding hydrogens is 301 g/mol. The van der Waals surface area contributed by atoms with Crippen LogP contribution in [0.25, 0.3) is 0 Å². The van der Waals surface area contributed by atoms with Crippen LogP contribution in [0.3, 0.4) is 0 Å². The maximum atomic E-state index is 11.9. The summed E-state index contributed by atoms with van der Waals surface area (Å²) in [6, 6.07) is 1.78. The van der Waals surface area contributed by atoms with Gasteiger partial charge in [-0.2, -0.15) is 0 Å². The third-order valence-electron chi connectivity index (χ3n) is 3.31. The number of hydrogen-bond acceptors (Lipinski definition) is 2. The minimum atomic E-state index is -0.00401. The minimum absolute atomic E-state index is 0.00401. The number of fused-ring (bicyclic) bond motifs is 1. The van der Waals surface area contributed by atoms with Crippen LogP contribution in [-0.2, 0) is 12.8 Å². The Hall–Kier alpha value is -0.380. The van der Waals surface area contributed by atoms with Gasteiger partial charge in [0.05, 0.1) is 5.02 Å². The predicted molar refractivity (Wildman–Crippen MR) is 82.7 cm³/mol. The molecule has 0 atom stereocenters. The Balaban J connectivity index is 2.44. The van der Waals surface area contributed by atoms with E-state index in [4.69, 9.17) is 23.2 Å². The maximum absolute atomic E-state index is 11.9. The largest absolute Gasteiger partial charge is 0.339 e. The molecule has 5 heteroatoms. The summed E-state index contributed by atoms with van der Waals surface area (Å²) < 4.78 is 0. The van der Waals surface area contributed by atoms with Gasteiger partial charge in [-0.3, -0.25) is 4.79 Å². The van der Waals surface area contributed by atoms with E-state index in [1.807, 2.05) is 0 Å². The van der Waals surface area contributed by atoms with Crippen LogP contribution < -0.4 is 0 Å². The van der Waals surface area contributed by atoms with Crippen LogP contribution in [0.2, 0.25) is 10.0 Å². The molecule has 0 aliphatic heterocycles. The maximum Gasteiger partial charge on any atom is 0.285 e. The summed E-state index contributed by atoms with van der Waals surface area (Å²) in [5.74, 6) is 0. The van der Waals surface area contributed by atoms with E-state index in [0.717, 1.165) is 35.6 Å². The van der Waals surface area contributed by atoms with Gasteiger partial charge in [0.15, 0.2) is 0 Å². The van der Waals surface area contributed by atoms with Crippen LogP contribution in [0.5, 0.6) is 0 Å². The summed E-state index contributed by atoms with van der Waals surface area (Å²) >= 11 is 13.8. The van der Waals surface area contributed by atoms with E-state index in [1.165, 1.54) is 29.3 Å². The predicted octanol–water partition coefficient (Wildman–Crippen LogP) is 5.04. The molecule has 1 aromatic rings. The zero-order valence-electron chi connectivity index (χ0n) is 11.1. The van der Waals surface area contributed by atoms with Gasteiger partial charge >= 0.3 is 0 Å². The highest BCUT2D eigenvalue weighted by Gasteiger charge is 2.21. The molecule has 0 spiro atoms. The number of nitrogens with zero attached hydrogens (tertiary/aromatic N) is 1. The molecule has 19 heavy (non-hydrogen) atoms. The zero-order valence-corrected chi connectivity index (χ0v) is 13.5. The van der Waals surface area contributed by atoms with Gasteiger partial charge in [-0.05, 0) is 54.6 Å². The van der Waals surface area contributed by atoms with Crippen molar-refractivity contribution in [3.8, 4) is 0 Å². The average molecular weight is 318 g/mol. The van der Waals surface area contributed by atoms with Crippen molar-refractivity contribution >= 4 is 40.2 Å². The standard InChI is InChI=1S/C14H17Cl2NOS/c1-17(2)14(18)19-13-10-7-5-3-4-6-9(10)11(15)8-12(13)16/h8H,3-7H2,1-2H3. The van der Waals surface area contributed by atoms with E-state index in [1.54, 1.807) is 25.1 Å². The van der Waals surface area contributed by atoms with Crippen LogP contribution >= 0.6 is 35.0 Å². The second kappa shape index (κ2) is 6.38. The minimum Gasteiger partial charge on any atom is -0.339 e. The molecule has 1 aliphatic carbocycles. The van der Waals surface area contributed by atoms with Gasteiger partial charge in [0.25, 0.3) is 5.24 Å². The second-order valence-electron chi connectivity index (χ2n) is 4.95. The Labute approximate surface area is 128 Å². The van der Waals surface area contributed by atoms with Gasteiger partial charge < -0.3 is 4.90 Å². The molecule has 1 aromatic carbocycles. The van der Waals surface area contributed by atoms with Crippen molar-refractivity contribution in [3.05, 3.63) is 27.2 Å². The summed E-state index contributed by atoms with van der Waals surface area (Å²) in [6.45, 7) is 0. The molecule has 1 amide bonds. The summed E-state index contributed by atoms with van der Waals surface area (Å²) in [6.07, 6.45) is 5.43. The molecule has 0 fully saturated rings. The molecule has 2 nitrogen and oxygen atoms in total. The number of benzene rings is 1. The van der Waals surface area contributed by atoms with E-state index < -0.39 is 0 Å². The van der Waals surface area contributed by atoms with Crippen molar-refractivity contribution in [1.29, 1.82) is 0 Å². The fourth-order valence-electron chi connectivity index (χ4n) is 2.29. The summed E-state index contributed by atoms with van der Waals surface area (Å²) in [5, 5.41) is 1.32. The van der Waals surface area contributed by atoms with Crippen molar-refractivity contribution in [2.45, 2.75) is 37.0 Å². The van der Waals surface area contributed by atoms with E-state index in [0.29, 0.717) is 5.02 Å². The molecule has 2 rings (SSSR count). The first-order chi connectivity index (χ1) is 9.00. The van der Waals surface area contributed by atoms with Crippen LogP contribution in [0.15, 0.2) is 11.0 Å². The molecule has 104 valence electrons. The lowest BCUT2D eigenvalue weighted by Gasteiger charge is -2.17. The Kier molecular flexibility index (Phi) is 5.04. The topological polar surface area (TPSA) is 20.3 Å². The highest BCUT2D eigenvalue weighted by Crippen LogP contribution is 2.40. The fraction of sp³-hybridized carbons (Fsp3) is 0.500. The molecule has 0 heterocycles. The third-order valence-corrected chi connectivity index (χ3v) is 5.26. The van der Waals surface area contributed by atoms with E-state index in [-0.39, 0.29) is 5.24 Å². The number of carbonyl (C=O) groups is 1. The van der Waals surface area contributed by atoms with Crippen molar-refractivity contribution in [1.82, 2.24) is 4.90 Å². The second-order valence-corrected chi connectivity index (χ2v) is 6.73. The Morgan fingerprint density at radius 3 is 2.37 bits per heavy atom. The first kappa shape index (κ1) is 15.0. The first-order valence-corrected chi connectivity index (χ1v) is 7.97. The summed E-state index contributed by atoms with van der Waals surface area (Å²) in [5.41, 5.74) is 2.35. The SMILES string of the molecule is CN(C)C(=O)Sc1c(Cl)cc(Cl)c2c1CCCCC2. The molecule has 0 aromatic heterocycles. The van der Waals surface area contributed by atoms with Gasteiger partial charge in [-0.15, -0.1) is 0 Å². The fourth-order valence-corrected chi connectivity index (χ4v) is 3.87. The first-order valence-electron chi connectivity index (χ1n) is 6.39. The molecular formula is C14H17Cl2NOS. The van der Waals surface area contributed by atoms with Gasteiger partial charge in [0, 0.05) is 24.0 Å². The summed E-state index contributed by atoms with van der Waals surface area (Å²) in [4.78, 5) is 14.4. The average Bonchev–Trinajstić information content (AvgIpc) is 2.59. The van der Waals surface area contributed by atoms with Gasteiger partial charge in [0.1, 0.15) is 0 Å². The molecule has 0 saturated heterocycles. The normalized spacial score (nSPS) is 14.7. The van der Waals surface area contributed by atoms with Crippen LogP contribution in [0, 0.1) is 0 Å². The molecule has 0 N–H and O–H groups in total. The molecule has 0 radical (unpaired) electrons. The monoisotopic (exact) mass is 317 g/mol. The third kappa shape index (κ3) is 3.39. The molecule has 0 saturated carbocycles. The number of rotatable bonds is 1. The Morgan fingerprint density at radius 1 is 1.11 bits per heavy atom. The van der Waals surface area contributed by atoms with E-state index in [2.05, 4.69) is 0 Å². The number of amides is 1. The highest BCUT2D eigenvalue weighted by molar-refractivity contribution is 8.13. The van der Waals surface area contributed by atoms with Crippen LogP contribution in [0.4, 0.5) is 4.79 Å². The highest BCUT2D eigenvalue weighted by atomic mass is 35.5. The van der Waals surface area contributed by atoms with Gasteiger partial charge in [-0.1, -0.05) is 29.6 Å². The smallest absolute Gasteiger partial charge is 0.285 e. The quantitative estimate of drug-likeness (QED) is 0.534. The van der Waals surface area contributed by atoms with Crippen molar-refractivity contribution in [2.24, 2.45) is 0 Å². The Bertz CT molecular complexity index is 503. The number of thioether (sulfide) groups is 1. The molecule has 0 unspecified atom stereocenters. The van der Waals surface area contributed by atoms with Crippen LogP contribution in [-0.4, -0.2) is 24.2 Å². The van der Waals surface area contributed by atoms with Crippen molar-refractivity contribution in [3.63, 3.8) is 0 Å². The van der Waals surface area contributed by atoms with Gasteiger partial charge in [-0.25, -0.2) is 0 Å². The van der Waals surface area contributed by atoms with Gasteiger partial charge in [0.2, 0.25) is 0 Å². The number of carbonyl (C=O) groups excluding carboxylic acids is 1. The van der Waals surface area contributed by atoms with E-state index >= 15 is 0 Å². The van der Waals surface area contributed by atoms with Crippen LogP contribution in [0.1, 0.15) is 30.4 Å². The lowest BCUT2D eigenvalue weighted by atomic mass is 10.0. The van der Waals surface area contributed by atoms with E-state index in [9.17, 15) is 4.79 Å². The Morgan fingerprint density at radius 2 is 1.74 bits per heavy atom. The number of hydrogen-bond donors (Lipinski definition) is 0. The van der Waals surface area contributed by atoms with Crippen molar-refractivity contribution < 1.29 is 4.79 Å². The lowest BCUT2D eigenvalue weighted by molar-refractivity contribution is 0.241. The molecule has 1 aliphatic rings. The molecule has 0 bridgehead atoms. The summed E-state index contributed by atoms with van der Waals surface area (Å²) in [7, 11) is 3.50. The zero-order chi connectivity index (χ0) is 14.0. The lowest BCUT2D eigenvalue weighted by Crippen LogP contribution is -2.16.